The summed E-state index contributed by atoms with van der Waals surface area (Å²) in [6.07, 6.45) is 0. The summed E-state index contributed by atoms with van der Waals surface area (Å²) in [6.45, 7) is 0. The molecule has 0 fully saturated rings. The fourth-order valence-electron chi connectivity index (χ4n) is 1.58. The van der Waals surface area contributed by atoms with Crippen LogP contribution in [0.15, 0.2) is 64.4 Å². The molecule has 7 nitrogen and oxygen atoms in total. The van der Waals surface area contributed by atoms with Gasteiger partial charge in [-0.15, -0.1) is 0 Å². The molecule has 2 aromatic carbocycles. The number of nitrogens with zero attached hydrogens (tertiary/aromatic N) is 3. The quantitative estimate of drug-likeness (QED) is 0.692. The minimum atomic E-state index is -3.98. The number of diazo groups is 1. The molecule has 0 unspecified atom stereocenters. The normalized spacial score (nSPS) is 16.9. The molecule has 0 aromatic heterocycles. The molecule has 1 aliphatic heterocycles. The average Bonchev–Trinajstić information content (AvgIpc) is 2.66. The predicted octanol–water partition coefficient (Wildman–Crippen LogP) is 2.62. The SMILES string of the molecule is N#[N+]c1ccccc1.O=S1(=O)[N-]S(=O)(=O)c2ccccc21. The lowest BCUT2D eigenvalue weighted by Crippen LogP contribution is -1.92. The lowest BCUT2D eigenvalue weighted by atomic mass is 10.3. The van der Waals surface area contributed by atoms with Gasteiger partial charge in [-0.3, -0.25) is 0 Å². The Bertz CT molecular complexity index is 850. The van der Waals surface area contributed by atoms with Gasteiger partial charge in [-0.2, -0.15) is 0 Å². The van der Waals surface area contributed by atoms with Crippen LogP contribution in [0.1, 0.15) is 0 Å². The van der Waals surface area contributed by atoms with Crippen LogP contribution in [0.5, 0.6) is 0 Å². The minimum absolute atomic E-state index is 0.241. The van der Waals surface area contributed by atoms with Gasteiger partial charge in [0.1, 0.15) is 20.0 Å². The molecule has 0 aliphatic carbocycles. The van der Waals surface area contributed by atoms with Crippen LogP contribution in [0.2, 0.25) is 0 Å². The van der Waals surface area contributed by atoms with Crippen molar-refractivity contribution < 1.29 is 16.8 Å². The first-order chi connectivity index (χ1) is 9.87. The summed E-state index contributed by atoms with van der Waals surface area (Å²) in [5.74, 6) is 0. The summed E-state index contributed by atoms with van der Waals surface area (Å²) in [5, 5.41) is 8.16. The molecule has 0 saturated carbocycles. The molecule has 0 saturated heterocycles. The zero-order valence-corrected chi connectivity index (χ0v) is 12.1. The van der Waals surface area contributed by atoms with Crippen LogP contribution in [-0.2, 0) is 20.0 Å². The van der Waals surface area contributed by atoms with E-state index in [1.54, 1.807) is 12.1 Å². The van der Waals surface area contributed by atoms with Gasteiger partial charge in [-0.1, -0.05) is 30.3 Å². The second kappa shape index (κ2) is 5.61. The smallest absolute Gasteiger partial charge is 0.385 e. The molecule has 0 atom stereocenters. The number of fused-ring (bicyclic) bond motifs is 1. The van der Waals surface area contributed by atoms with Crippen LogP contribution >= 0.6 is 0 Å². The summed E-state index contributed by atoms with van der Waals surface area (Å²) in [6, 6.07) is 14.3. The van der Waals surface area contributed by atoms with E-state index in [1.165, 1.54) is 24.3 Å². The minimum Gasteiger partial charge on any atom is -0.428 e. The first-order valence-electron chi connectivity index (χ1n) is 5.60. The highest BCUT2D eigenvalue weighted by molar-refractivity contribution is 8.14. The fourth-order valence-corrected chi connectivity index (χ4v) is 5.03. The molecular formula is C12H9N3O4S2. The van der Waals surface area contributed by atoms with Gasteiger partial charge in [0.25, 0.3) is 0 Å². The van der Waals surface area contributed by atoms with E-state index in [0.717, 1.165) is 0 Å². The summed E-state index contributed by atoms with van der Waals surface area (Å²) < 4.78 is 47.3. The topological polar surface area (TPSA) is 111 Å². The fraction of sp³-hybridized carbons (Fsp3) is 0. The average molecular weight is 323 g/mol. The maximum atomic E-state index is 11.1. The van der Waals surface area contributed by atoms with Crippen molar-refractivity contribution in [2.24, 2.45) is 0 Å². The summed E-state index contributed by atoms with van der Waals surface area (Å²) in [4.78, 5) is 2.49. The number of hydrogen-bond donors (Lipinski definition) is 0. The molecule has 1 aliphatic rings. The highest BCUT2D eigenvalue weighted by atomic mass is 32.3. The lowest BCUT2D eigenvalue weighted by molar-refractivity contribution is 0.603. The Morgan fingerprint density at radius 3 is 1.57 bits per heavy atom. The largest absolute Gasteiger partial charge is 0.428 e. The van der Waals surface area contributed by atoms with E-state index in [1.807, 2.05) is 18.2 Å². The molecular weight excluding hydrogens is 314 g/mol. The molecule has 3 rings (SSSR count). The molecule has 2 aromatic rings. The van der Waals surface area contributed by atoms with Gasteiger partial charge in [0, 0.05) is 12.1 Å². The van der Waals surface area contributed by atoms with Gasteiger partial charge >= 0.3 is 5.69 Å². The Balaban J connectivity index is 0.000000173. The standard InChI is InChI=1S/C6H5N2.C6H4NO4S2/c7-8-6-4-2-1-3-5-6;8-12(9)5-3-1-2-4-6(5)13(10,11)7-12/h1-5H;1-4H/q+1;-1. The number of hydrogen-bond acceptors (Lipinski definition) is 5. The first kappa shape index (κ1) is 15.1. The molecule has 0 N–H and O–H groups in total. The van der Waals surface area contributed by atoms with Gasteiger partial charge in [0.05, 0.1) is 9.79 Å². The molecule has 9 heteroatoms. The van der Waals surface area contributed by atoms with Crippen molar-refractivity contribution in [3.8, 4) is 0 Å². The molecule has 108 valence electrons. The first-order valence-corrected chi connectivity index (χ1v) is 8.48. The third kappa shape index (κ3) is 3.25. The number of benzene rings is 2. The van der Waals surface area contributed by atoms with Crippen molar-refractivity contribution in [2.45, 2.75) is 9.79 Å². The molecule has 0 spiro atoms. The van der Waals surface area contributed by atoms with Crippen molar-refractivity contribution in [1.29, 1.82) is 5.39 Å². The van der Waals surface area contributed by atoms with Gasteiger partial charge in [0.2, 0.25) is 5.39 Å². The predicted molar refractivity (Wildman–Crippen MR) is 75.4 cm³/mol. The van der Waals surface area contributed by atoms with E-state index in [0.29, 0.717) is 5.69 Å². The van der Waals surface area contributed by atoms with Crippen LogP contribution in [0.3, 0.4) is 0 Å². The molecule has 0 amide bonds. The highest BCUT2D eigenvalue weighted by Gasteiger charge is 2.26. The summed E-state index contributed by atoms with van der Waals surface area (Å²) in [5.41, 5.74) is 0.590. The van der Waals surface area contributed by atoms with Crippen molar-refractivity contribution in [3.05, 3.63) is 63.7 Å². The van der Waals surface area contributed by atoms with Gasteiger partial charge < -0.3 is 4.13 Å². The third-order valence-corrected chi connectivity index (χ3v) is 6.00. The van der Waals surface area contributed by atoms with Crippen LogP contribution in [0.25, 0.3) is 9.10 Å². The van der Waals surface area contributed by atoms with Crippen LogP contribution < -0.4 is 0 Å². The maximum absolute atomic E-state index is 11.1. The van der Waals surface area contributed by atoms with E-state index < -0.39 is 20.0 Å². The number of rotatable bonds is 0. The Morgan fingerprint density at radius 1 is 0.762 bits per heavy atom. The number of sulfonamides is 2. The molecule has 21 heavy (non-hydrogen) atoms. The highest BCUT2D eigenvalue weighted by Crippen LogP contribution is 2.37. The van der Waals surface area contributed by atoms with Crippen LogP contribution in [0.4, 0.5) is 5.69 Å². The monoisotopic (exact) mass is 323 g/mol. The Labute approximate surface area is 122 Å². The molecule has 0 radical (unpaired) electrons. The molecule has 0 bridgehead atoms. The third-order valence-electron chi connectivity index (χ3n) is 2.47. The van der Waals surface area contributed by atoms with E-state index in [2.05, 4.69) is 9.10 Å². The van der Waals surface area contributed by atoms with Crippen molar-refractivity contribution in [3.63, 3.8) is 0 Å². The Kier molecular flexibility index (Phi) is 4.04. The van der Waals surface area contributed by atoms with Gasteiger partial charge in [-0.25, -0.2) is 16.8 Å². The zero-order valence-electron chi connectivity index (χ0n) is 10.5. The summed E-state index contributed by atoms with van der Waals surface area (Å²) >= 11 is 0. The molecule has 1 heterocycles. The zero-order chi connectivity index (χ0) is 15.5. The van der Waals surface area contributed by atoms with Gasteiger partial charge in [0.15, 0.2) is 4.98 Å². The summed E-state index contributed by atoms with van der Waals surface area (Å²) in [7, 11) is -7.95. The van der Waals surface area contributed by atoms with Gasteiger partial charge in [-0.05, 0) is 12.1 Å². The van der Waals surface area contributed by atoms with Crippen molar-refractivity contribution >= 4 is 25.7 Å². The van der Waals surface area contributed by atoms with Crippen LogP contribution in [0, 0.1) is 5.39 Å². The van der Waals surface area contributed by atoms with E-state index in [4.69, 9.17) is 5.39 Å². The Hall–Kier alpha value is -2.28. The maximum Gasteiger partial charge on any atom is 0.385 e. The lowest BCUT2D eigenvalue weighted by Gasteiger charge is -2.05. The van der Waals surface area contributed by atoms with Crippen molar-refractivity contribution in [1.82, 2.24) is 0 Å². The van der Waals surface area contributed by atoms with E-state index >= 15 is 0 Å². The Morgan fingerprint density at radius 2 is 1.19 bits per heavy atom. The van der Waals surface area contributed by atoms with E-state index in [9.17, 15) is 16.8 Å². The van der Waals surface area contributed by atoms with Crippen LogP contribution in [-0.4, -0.2) is 16.8 Å². The van der Waals surface area contributed by atoms with E-state index in [-0.39, 0.29) is 9.79 Å². The second-order valence-electron chi connectivity index (χ2n) is 3.91. The second-order valence-corrected chi connectivity index (χ2v) is 7.28. The van der Waals surface area contributed by atoms with Crippen molar-refractivity contribution in [2.75, 3.05) is 0 Å².